The Hall–Kier alpha value is -1.64. The van der Waals surface area contributed by atoms with E-state index in [2.05, 4.69) is 27.7 Å². The molecule has 2 N–H and O–H groups in total. The van der Waals surface area contributed by atoms with Gasteiger partial charge in [0.2, 0.25) is 0 Å². The molecule has 1 atom stereocenters. The molecule has 0 bridgehead atoms. The number of hydrogen-bond donors (Lipinski definition) is 2. The molecule has 0 saturated carbocycles. The van der Waals surface area contributed by atoms with Crippen molar-refractivity contribution < 1.29 is 8.91 Å². The summed E-state index contributed by atoms with van der Waals surface area (Å²) in [5.41, 5.74) is 2.73. The van der Waals surface area contributed by atoms with Gasteiger partial charge < -0.3 is 15.2 Å². The van der Waals surface area contributed by atoms with Gasteiger partial charge >= 0.3 is 0 Å². The third-order valence-electron chi connectivity index (χ3n) is 4.09. The fraction of sp³-hybridized carbons (Fsp3) is 0.474. The van der Waals surface area contributed by atoms with Crippen LogP contribution in [-0.2, 0) is 6.42 Å². The molecule has 0 spiro atoms. The lowest BCUT2D eigenvalue weighted by atomic mass is 10.00. The standard InChI is InChI=1S/C19H27FN4O.HI/c1-5-21-19(22-11-10-16-8-6-7-9-17(16)20)23-12-13(2)18-14(3)24-25-15(18)4;/h6-9,13H,5,10-12H2,1-4H3,(H2,21,22,23);1H. The molecule has 0 aliphatic rings. The van der Waals surface area contributed by atoms with E-state index in [1.54, 1.807) is 12.1 Å². The number of nitrogens with zero attached hydrogens (tertiary/aromatic N) is 2. The van der Waals surface area contributed by atoms with Crippen molar-refractivity contribution in [3.05, 3.63) is 52.7 Å². The van der Waals surface area contributed by atoms with Gasteiger partial charge in [0.1, 0.15) is 11.6 Å². The summed E-state index contributed by atoms with van der Waals surface area (Å²) >= 11 is 0. The highest BCUT2D eigenvalue weighted by Gasteiger charge is 2.16. The third-order valence-corrected chi connectivity index (χ3v) is 4.09. The van der Waals surface area contributed by atoms with E-state index in [-0.39, 0.29) is 35.7 Å². The summed E-state index contributed by atoms with van der Waals surface area (Å²) in [6.07, 6.45) is 0.608. The second-order valence-electron chi connectivity index (χ2n) is 6.13. The van der Waals surface area contributed by atoms with Gasteiger partial charge in [0.25, 0.3) is 0 Å². The first-order valence-corrected chi connectivity index (χ1v) is 8.71. The number of benzene rings is 1. The third kappa shape index (κ3) is 6.26. The quantitative estimate of drug-likeness (QED) is 0.363. The highest BCUT2D eigenvalue weighted by Crippen LogP contribution is 2.23. The molecule has 1 unspecified atom stereocenters. The highest BCUT2D eigenvalue weighted by atomic mass is 127. The number of aromatic nitrogens is 1. The summed E-state index contributed by atoms with van der Waals surface area (Å²) in [4.78, 5) is 4.64. The summed E-state index contributed by atoms with van der Waals surface area (Å²) < 4.78 is 18.9. The Morgan fingerprint density at radius 3 is 2.62 bits per heavy atom. The maximum Gasteiger partial charge on any atom is 0.191 e. The molecule has 7 heteroatoms. The average molecular weight is 474 g/mol. The molecule has 2 aromatic rings. The van der Waals surface area contributed by atoms with Crippen molar-refractivity contribution >= 4 is 29.9 Å². The first-order valence-electron chi connectivity index (χ1n) is 8.71. The summed E-state index contributed by atoms with van der Waals surface area (Å²) in [5.74, 6) is 1.63. The van der Waals surface area contributed by atoms with Crippen LogP contribution in [0.15, 0.2) is 33.8 Å². The number of halogens is 2. The lowest BCUT2D eigenvalue weighted by Crippen LogP contribution is -2.38. The molecule has 0 aliphatic carbocycles. The number of hydrogen-bond acceptors (Lipinski definition) is 3. The van der Waals surface area contributed by atoms with Gasteiger partial charge in [-0.15, -0.1) is 24.0 Å². The van der Waals surface area contributed by atoms with Gasteiger partial charge in [-0.1, -0.05) is 30.3 Å². The Bertz CT molecular complexity index is 698. The second kappa shape index (κ2) is 11.2. The van der Waals surface area contributed by atoms with E-state index in [1.165, 1.54) is 6.07 Å². The van der Waals surface area contributed by atoms with Crippen LogP contribution in [0.3, 0.4) is 0 Å². The second-order valence-corrected chi connectivity index (χ2v) is 6.13. The van der Waals surface area contributed by atoms with Crippen molar-refractivity contribution in [2.24, 2.45) is 4.99 Å². The van der Waals surface area contributed by atoms with Crippen LogP contribution in [0.4, 0.5) is 4.39 Å². The van der Waals surface area contributed by atoms with Gasteiger partial charge in [0, 0.05) is 31.1 Å². The van der Waals surface area contributed by atoms with Gasteiger partial charge in [-0.3, -0.25) is 4.99 Å². The minimum atomic E-state index is -0.168. The molecular weight excluding hydrogens is 446 g/mol. The van der Waals surface area contributed by atoms with E-state index in [0.29, 0.717) is 25.1 Å². The van der Waals surface area contributed by atoms with E-state index >= 15 is 0 Å². The normalized spacial score (nSPS) is 12.4. The Balaban J connectivity index is 0.00000338. The predicted octanol–water partition coefficient (Wildman–Crippen LogP) is 3.95. The van der Waals surface area contributed by atoms with Crippen LogP contribution in [-0.4, -0.2) is 30.8 Å². The van der Waals surface area contributed by atoms with Gasteiger partial charge in [-0.05, 0) is 38.8 Å². The number of rotatable bonds is 7. The molecule has 0 fully saturated rings. The fourth-order valence-electron chi connectivity index (χ4n) is 2.87. The van der Waals surface area contributed by atoms with Gasteiger partial charge in [-0.25, -0.2) is 4.39 Å². The molecule has 0 radical (unpaired) electrons. The number of guanidine groups is 1. The summed E-state index contributed by atoms with van der Waals surface area (Å²) in [5, 5.41) is 10.5. The van der Waals surface area contributed by atoms with Gasteiger partial charge in [0.15, 0.2) is 5.96 Å². The van der Waals surface area contributed by atoms with E-state index in [4.69, 9.17) is 4.52 Å². The molecule has 2 rings (SSSR count). The Morgan fingerprint density at radius 1 is 1.27 bits per heavy atom. The zero-order valence-corrected chi connectivity index (χ0v) is 18.1. The van der Waals surface area contributed by atoms with Crippen LogP contribution < -0.4 is 10.6 Å². The van der Waals surface area contributed by atoms with Crippen molar-refractivity contribution in [1.29, 1.82) is 0 Å². The van der Waals surface area contributed by atoms with Crippen LogP contribution in [0.2, 0.25) is 0 Å². The molecule has 0 saturated heterocycles. The topological polar surface area (TPSA) is 62.5 Å². The molecule has 26 heavy (non-hydrogen) atoms. The lowest BCUT2D eigenvalue weighted by molar-refractivity contribution is 0.391. The van der Waals surface area contributed by atoms with Crippen LogP contribution in [0.5, 0.6) is 0 Å². The number of nitrogens with one attached hydrogen (secondary N) is 2. The lowest BCUT2D eigenvalue weighted by Gasteiger charge is -2.13. The molecule has 1 heterocycles. The van der Waals surface area contributed by atoms with Gasteiger partial charge in [0.05, 0.1) is 5.69 Å². The van der Waals surface area contributed by atoms with Crippen molar-refractivity contribution in [2.75, 3.05) is 19.6 Å². The maximum absolute atomic E-state index is 13.7. The summed E-state index contributed by atoms with van der Waals surface area (Å²) in [6.45, 7) is 10.0. The SMILES string of the molecule is CCNC(=NCC(C)c1c(C)noc1C)NCCc1ccccc1F.I. The molecule has 1 aromatic carbocycles. The molecule has 5 nitrogen and oxygen atoms in total. The van der Waals surface area contributed by atoms with E-state index in [1.807, 2.05) is 26.8 Å². The molecule has 0 amide bonds. The smallest absolute Gasteiger partial charge is 0.191 e. The molecule has 144 valence electrons. The number of aliphatic imine (C=N–C) groups is 1. The Morgan fingerprint density at radius 2 is 2.00 bits per heavy atom. The predicted molar refractivity (Wildman–Crippen MR) is 114 cm³/mol. The number of aryl methyl sites for hydroxylation is 2. The van der Waals surface area contributed by atoms with Crippen molar-refractivity contribution in [3.63, 3.8) is 0 Å². The summed E-state index contributed by atoms with van der Waals surface area (Å²) in [6, 6.07) is 6.84. The zero-order chi connectivity index (χ0) is 18.2. The molecule has 1 aromatic heterocycles. The maximum atomic E-state index is 13.7. The molecular formula is C19H28FIN4O. The molecule has 0 aliphatic heterocycles. The van der Waals surface area contributed by atoms with Crippen LogP contribution in [0.1, 0.15) is 42.3 Å². The monoisotopic (exact) mass is 474 g/mol. The Kier molecular flexibility index (Phi) is 9.61. The van der Waals surface area contributed by atoms with Crippen molar-refractivity contribution in [1.82, 2.24) is 15.8 Å². The zero-order valence-electron chi connectivity index (χ0n) is 15.8. The van der Waals surface area contributed by atoms with Crippen LogP contribution in [0, 0.1) is 19.7 Å². The van der Waals surface area contributed by atoms with E-state index < -0.39 is 0 Å². The largest absolute Gasteiger partial charge is 0.361 e. The van der Waals surface area contributed by atoms with Gasteiger partial charge in [-0.2, -0.15) is 0 Å². The van der Waals surface area contributed by atoms with Crippen LogP contribution >= 0.6 is 24.0 Å². The minimum absolute atomic E-state index is 0. The first kappa shape index (κ1) is 22.4. The Labute approximate surface area is 171 Å². The van der Waals surface area contributed by atoms with E-state index in [0.717, 1.165) is 29.5 Å². The van der Waals surface area contributed by atoms with Crippen LogP contribution in [0.25, 0.3) is 0 Å². The minimum Gasteiger partial charge on any atom is -0.361 e. The first-order chi connectivity index (χ1) is 12.0. The van der Waals surface area contributed by atoms with E-state index in [9.17, 15) is 4.39 Å². The highest BCUT2D eigenvalue weighted by molar-refractivity contribution is 14.0. The average Bonchev–Trinajstić information content (AvgIpc) is 2.93. The fourth-order valence-corrected chi connectivity index (χ4v) is 2.87. The van der Waals surface area contributed by atoms with Crippen molar-refractivity contribution in [2.45, 2.75) is 40.0 Å². The van der Waals surface area contributed by atoms with Crippen molar-refractivity contribution in [3.8, 4) is 0 Å². The summed E-state index contributed by atoms with van der Waals surface area (Å²) in [7, 11) is 0.